The number of benzene rings is 1. The number of hydrogen-bond donors (Lipinski definition) is 1. The predicted octanol–water partition coefficient (Wildman–Crippen LogP) is 3.83. The summed E-state index contributed by atoms with van der Waals surface area (Å²) in [5.74, 6) is 0.296. The molecule has 9 heteroatoms. The van der Waals surface area contributed by atoms with Crippen LogP contribution in [0, 0.1) is 11.7 Å². The Labute approximate surface area is 156 Å². The highest BCUT2D eigenvalue weighted by atomic mass is 19.1. The van der Waals surface area contributed by atoms with Crippen LogP contribution in [0.1, 0.15) is 25.7 Å². The molecule has 1 N–H and O–H groups in total. The average molecular weight is 375 g/mol. The van der Waals surface area contributed by atoms with Crippen LogP contribution in [-0.4, -0.2) is 44.0 Å². The normalized spacial score (nSPS) is 27.4. The predicted molar refractivity (Wildman–Crippen MR) is 97.1 cm³/mol. The van der Waals surface area contributed by atoms with Crippen LogP contribution >= 0.6 is 0 Å². The standard InChI is InChI=1S/C18H22FN5O3/c19-15-7-12(24-10-14(9-22-23-20)27-18(24)25)3-5-16(15)21-8-13-4-6-17(26-13)11-1-2-11/h3,5,7,11,13-14,17,21H,1-2,4,6,8-10H2/t13?,14-,17?/m0/s1. The van der Waals surface area contributed by atoms with Gasteiger partial charge in [-0.3, -0.25) is 4.90 Å². The van der Waals surface area contributed by atoms with Crippen molar-refractivity contribution in [1.82, 2.24) is 0 Å². The number of halogens is 1. The second-order valence-corrected chi connectivity index (χ2v) is 7.29. The number of amides is 1. The zero-order chi connectivity index (χ0) is 18.8. The van der Waals surface area contributed by atoms with Gasteiger partial charge in [-0.25, -0.2) is 9.18 Å². The van der Waals surface area contributed by atoms with Gasteiger partial charge in [-0.1, -0.05) is 5.11 Å². The first-order valence-electron chi connectivity index (χ1n) is 9.32. The number of rotatable bonds is 7. The largest absolute Gasteiger partial charge is 0.444 e. The maximum atomic E-state index is 14.5. The van der Waals surface area contributed by atoms with E-state index in [1.807, 2.05) is 0 Å². The Morgan fingerprint density at radius 2 is 2.15 bits per heavy atom. The molecule has 1 aliphatic carbocycles. The zero-order valence-corrected chi connectivity index (χ0v) is 14.9. The summed E-state index contributed by atoms with van der Waals surface area (Å²) in [7, 11) is 0. The number of nitrogens with one attached hydrogen (secondary N) is 1. The van der Waals surface area contributed by atoms with E-state index in [2.05, 4.69) is 15.3 Å². The lowest BCUT2D eigenvalue weighted by Crippen LogP contribution is -2.25. The minimum Gasteiger partial charge on any atom is -0.444 e. The van der Waals surface area contributed by atoms with Crippen LogP contribution in [0.2, 0.25) is 0 Å². The monoisotopic (exact) mass is 375 g/mol. The third kappa shape index (κ3) is 4.09. The van der Waals surface area contributed by atoms with Gasteiger partial charge in [0.2, 0.25) is 0 Å². The van der Waals surface area contributed by atoms with Gasteiger partial charge in [0.1, 0.15) is 11.9 Å². The summed E-state index contributed by atoms with van der Waals surface area (Å²) < 4.78 is 25.6. The van der Waals surface area contributed by atoms with E-state index in [4.69, 9.17) is 15.0 Å². The molecular weight excluding hydrogens is 353 g/mol. The lowest BCUT2D eigenvalue weighted by molar-refractivity contribution is 0.0399. The second-order valence-electron chi connectivity index (χ2n) is 7.29. The van der Waals surface area contributed by atoms with Crippen molar-refractivity contribution < 1.29 is 18.7 Å². The molecule has 1 saturated carbocycles. The Balaban J connectivity index is 1.33. The minimum atomic E-state index is -0.571. The number of anilines is 2. The van der Waals surface area contributed by atoms with E-state index >= 15 is 0 Å². The number of cyclic esters (lactones) is 1. The molecule has 2 aliphatic heterocycles. The summed E-state index contributed by atoms with van der Waals surface area (Å²) in [5.41, 5.74) is 9.15. The first kappa shape index (κ1) is 17.9. The fourth-order valence-electron chi connectivity index (χ4n) is 3.69. The molecule has 0 spiro atoms. The summed E-state index contributed by atoms with van der Waals surface area (Å²) in [6.45, 7) is 0.853. The Hall–Kier alpha value is -2.51. The fraction of sp³-hybridized carbons (Fsp3) is 0.611. The number of azide groups is 1. The van der Waals surface area contributed by atoms with Gasteiger partial charge in [0.25, 0.3) is 0 Å². The van der Waals surface area contributed by atoms with E-state index in [1.54, 1.807) is 12.1 Å². The molecule has 1 aromatic carbocycles. The second kappa shape index (κ2) is 7.62. The van der Waals surface area contributed by atoms with Gasteiger partial charge in [-0.2, -0.15) is 0 Å². The van der Waals surface area contributed by atoms with E-state index < -0.39 is 18.0 Å². The third-order valence-electron chi connectivity index (χ3n) is 5.30. The molecule has 4 rings (SSSR count). The fourth-order valence-corrected chi connectivity index (χ4v) is 3.69. The highest BCUT2D eigenvalue weighted by molar-refractivity contribution is 5.90. The SMILES string of the molecule is [N-]=[N+]=NC[C@H]1CN(c2ccc(NCC3CCC(C4CC4)O3)c(F)c2)C(=O)O1. The maximum absolute atomic E-state index is 14.5. The van der Waals surface area contributed by atoms with E-state index in [1.165, 1.54) is 23.8 Å². The van der Waals surface area contributed by atoms with Crippen molar-refractivity contribution in [3.05, 3.63) is 34.5 Å². The lowest BCUT2D eigenvalue weighted by Gasteiger charge is -2.17. The third-order valence-corrected chi connectivity index (χ3v) is 5.30. The molecule has 3 aliphatic rings. The van der Waals surface area contributed by atoms with Crippen molar-refractivity contribution in [3.63, 3.8) is 0 Å². The van der Waals surface area contributed by atoms with Crippen LogP contribution in [0.15, 0.2) is 23.3 Å². The summed E-state index contributed by atoms with van der Waals surface area (Å²) in [4.78, 5) is 15.9. The van der Waals surface area contributed by atoms with Gasteiger partial charge < -0.3 is 14.8 Å². The van der Waals surface area contributed by atoms with Crippen molar-refractivity contribution in [2.75, 3.05) is 29.9 Å². The van der Waals surface area contributed by atoms with Crippen LogP contribution in [0.4, 0.5) is 20.6 Å². The number of carbonyl (C=O) groups excluding carboxylic acids is 1. The topological polar surface area (TPSA) is 99.6 Å². The van der Waals surface area contributed by atoms with Gasteiger partial charge in [0.05, 0.1) is 36.7 Å². The molecule has 0 bridgehead atoms. The van der Waals surface area contributed by atoms with Gasteiger partial charge in [0, 0.05) is 11.5 Å². The molecule has 2 unspecified atom stereocenters. The van der Waals surface area contributed by atoms with Crippen molar-refractivity contribution >= 4 is 17.5 Å². The van der Waals surface area contributed by atoms with Crippen molar-refractivity contribution in [1.29, 1.82) is 0 Å². The Kier molecular flexibility index (Phi) is 5.05. The smallest absolute Gasteiger partial charge is 0.414 e. The van der Waals surface area contributed by atoms with Crippen LogP contribution in [0.3, 0.4) is 0 Å². The molecule has 144 valence electrons. The number of hydrogen-bond acceptors (Lipinski definition) is 5. The van der Waals surface area contributed by atoms with Crippen LogP contribution < -0.4 is 10.2 Å². The van der Waals surface area contributed by atoms with Crippen molar-refractivity contribution in [3.8, 4) is 0 Å². The number of ether oxygens (including phenoxy) is 2. The van der Waals surface area contributed by atoms with Crippen molar-refractivity contribution in [2.45, 2.75) is 44.0 Å². The summed E-state index contributed by atoms with van der Waals surface area (Å²) >= 11 is 0. The number of nitrogens with zero attached hydrogens (tertiary/aromatic N) is 4. The van der Waals surface area contributed by atoms with Gasteiger partial charge in [0.15, 0.2) is 0 Å². The van der Waals surface area contributed by atoms with E-state index in [0.717, 1.165) is 18.8 Å². The summed E-state index contributed by atoms with van der Waals surface area (Å²) in [6.07, 6.45) is 4.03. The lowest BCUT2D eigenvalue weighted by atomic mass is 10.1. The Morgan fingerprint density at radius 3 is 2.89 bits per heavy atom. The summed E-state index contributed by atoms with van der Waals surface area (Å²) in [6, 6.07) is 4.60. The first-order chi connectivity index (χ1) is 13.1. The molecule has 1 amide bonds. The van der Waals surface area contributed by atoms with E-state index in [9.17, 15) is 9.18 Å². The molecule has 0 radical (unpaired) electrons. The molecule has 2 heterocycles. The highest BCUT2D eigenvalue weighted by Crippen LogP contribution is 2.40. The molecular formula is C18H22FN5O3. The van der Waals surface area contributed by atoms with Gasteiger partial charge >= 0.3 is 6.09 Å². The molecule has 1 aromatic rings. The quantitative estimate of drug-likeness (QED) is 0.445. The average Bonchev–Trinajstić information content (AvgIpc) is 3.29. The summed E-state index contributed by atoms with van der Waals surface area (Å²) in [5, 5.41) is 6.52. The molecule has 8 nitrogen and oxygen atoms in total. The minimum absolute atomic E-state index is 0.0596. The molecule has 2 saturated heterocycles. The van der Waals surface area contributed by atoms with Crippen LogP contribution in [0.25, 0.3) is 10.4 Å². The van der Waals surface area contributed by atoms with Gasteiger partial charge in [-0.05, 0) is 55.3 Å². The van der Waals surface area contributed by atoms with E-state index in [-0.39, 0.29) is 19.2 Å². The Bertz CT molecular complexity index is 765. The molecule has 3 atom stereocenters. The van der Waals surface area contributed by atoms with E-state index in [0.29, 0.717) is 24.0 Å². The highest BCUT2D eigenvalue weighted by Gasteiger charge is 2.37. The molecule has 3 fully saturated rings. The van der Waals surface area contributed by atoms with Crippen LogP contribution in [0.5, 0.6) is 0 Å². The van der Waals surface area contributed by atoms with Gasteiger partial charge in [-0.15, -0.1) is 0 Å². The maximum Gasteiger partial charge on any atom is 0.414 e. The number of carbonyl (C=O) groups is 1. The molecule has 27 heavy (non-hydrogen) atoms. The van der Waals surface area contributed by atoms with Crippen molar-refractivity contribution in [2.24, 2.45) is 11.0 Å². The van der Waals surface area contributed by atoms with Crippen LogP contribution in [-0.2, 0) is 9.47 Å². The Morgan fingerprint density at radius 1 is 1.30 bits per heavy atom. The zero-order valence-electron chi connectivity index (χ0n) is 14.9. The molecule has 0 aromatic heterocycles. The first-order valence-corrected chi connectivity index (χ1v) is 9.32.